The highest BCUT2D eigenvalue weighted by Crippen LogP contribution is 1.85. The summed E-state index contributed by atoms with van der Waals surface area (Å²) < 4.78 is 4.58. The Morgan fingerprint density at radius 2 is 2.38 bits per heavy atom. The van der Waals surface area contributed by atoms with E-state index < -0.39 is 0 Å². The topological polar surface area (TPSA) is 26.3 Å². The number of carbonyl (C=O) groups is 1. The minimum atomic E-state index is -0.237. The van der Waals surface area contributed by atoms with Crippen LogP contribution in [0.15, 0.2) is 0 Å². The molecule has 0 N–H and O–H groups in total. The summed E-state index contributed by atoms with van der Waals surface area (Å²) in [5.41, 5.74) is 0. The van der Waals surface area contributed by atoms with Crippen molar-refractivity contribution >= 4 is 34.5 Å². The Bertz CT molecular complexity index is 76.4. The zero-order valence-electron chi connectivity index (χ0n) is 4.26. The first-order chi connectivity index (χ1) is 3.81. The van der Waals surface area contributed by atoms with Crippen molar-refractivity contribution in [1.29, 1.82) is 0 Å². The van der Waals surface area contributed by atoms with E-state index in [4.69, 9.17) is 0 Å². The fourth-order valence-corrected chi connectivity index (χ4v) is 0.451. The molecule has 0 radical (unpaired) electrons. The maximum atomic E-state index is 10.3. The quantitative estimate of drug-likeness (QED) is 0.414. The van der Waals surface area contributed by atoms with Crippen LogP contribution in [0, 0.1) is 0 Å². The second-order valence-electron chi connectivity index (χ2n) is 1.08. The largest absolute Gasteiger partial charge is 0.464 e. The summed E-state index contributed by atoms with van der Waals surface area (Å²) in [5.74, 6) is 0.345. The van der Waals surface area contributed by atoms with Crippen LogP contribution < -0.4 is 0 Å². The van der Waals surface area contributed by atoms with E-state index in [0.717, 1.165) is 0 Å². The van der Waals surface area contributed by atoms with Crippen molar-refractivity contribution in [3.8, 4) is 0 Å². The second kappa shape index (κ2) is 5.44. The van der Waals surface area contributed by atoms with Gasteiger partial charge in [0, 0.05) is 5.75 Å². The second-order valence-corrected chi connectivity index (χ2v) is 2.09. The first kappa shape index (κ1) is 8.30. The highest BCUT2D eigenvalue weighted by Gasteiger charge is 1.94. The van der Waals surface area contributed by atoms with Crippen molar-refractivity contribution in [1.82, 2.24) is 0 Å². The van der Waals surface area contributed by atoms with Gasteiger partial charge in [-0.2, -0.15) is 12.6 Å². The molecule has 0 aliphatic carbocycles. The molecule has 0 rings (SSSR count). The normalized spacial score (nSPS) is 8.75. The molecule has 0 spiro atoms. The fraction of sp³-hybridized carbons (Fsp3) is 0.750. The average Bonchev–Trinajstić information content (AvgIpc) is 1.83. The van der Waals surface area contributed by atoms with Gasteiger partial charge in [0.05, 0.1) is 0 Å². The number of thiol groups is 1. The van der Waals surface area contributed by atoms with E-state index in [2.05, 4.69) is 33.3 Å². The highest BCUT2D eigenvalue weighted by atomic mass is 79.9. The van der Waals surface area contributed by atoms with Crippen LogP contribution in [0.25, 0.3) is 0 Å². The van der Waals surface area contributed by atoms with Gasteiger partial charge < -0.3 is 4.74 Å². The van der Waals surface area contributed by atoms with Crippen LogP contribution in [-0.2, 0) is 9.53 Å². The van der Waals surface area contributed by atoms with E-state index >= 15 is 0 Å². The van der Waals surface area contributed by atoms with Crippen molar-refractivity contribution in [2.75, 3.05) is 17.7 Å². The number of ether oxygens (including phenoxy) is 1. The molecule has 48 valence electrons. The summed E-state index contributed by atoms with van der Waals surface area (Å²) in [7, 11) is 0. The molecular formula is C4H7BrO2S. The number of esters is 1. The number of rotatable bonds is 3. The lowest BCUT2D eigenvalue weighted by Gasteiger charge is -1.96. The Labute approximate surface area is 62.1 Å². The third kappa shape index (κ3) is 4.46. The Balaban J connectivity index is 2.99. The lowest BCUT2D eigenvalue weighted by molar-refractivity contribution is -0.139. The van der Waals surface area contributed by atoms with Crippen molar-refractivity contribution in [3.63, 3.8) is 0 Å². The van der Waals surface area contributed by atoms with Crippen molar-refractivity contribution < 1.29 is 9.53 Å². The zero-order valence-corrected chi connectivity index (χ0v) is 6.74. The summed E-state index contributed by atoms with van der Waals surface area (Å²) >= 11 is 6.79. The minimum absolute atomic E-state index is 0.237. The lowest BCUT2D eigenvalue weighted by Crippen LogP contribution is -2.06. The molecule has 0 atom stereocenters. The molecule has 0 heterocycles. The number of halogens is 1. The fourth-order valence-electron chi connectivity index (χ4n) is 0.198. The Kier molecular flexibility index (Phi) is 5.64. The first-order valence-electron chi connectivity index (χ1n) is 2.13. The van der Waals surface area contributed by atoms with Crippen molar-refractivity contribution in [3.05, 3.63) is 0 Å². The van der Waals surface area contributed by atoms with Crippen LogP contribution >= 0.6 is 28.6 Å². The Hall–Kier alpha value is 0.300. The van der Waals surface area contributed by atoms with Crippen LogP contribution in [-0.4, -0.2) is 23.7 Å². The van der Waals surface area contributed by atoms with Gasteiger partial charge in [0.25, 0.3) is 0 Å². The third-order valence-corrected chi connectivity index (χ3v) is 1.10. The zero-order chi connectivity index (χ0) is 6.41. The molecule has 0 aromatic heterocycles. The molecule has 0 aromatic rings. The van der Waals surface area contributed by atoms with E-state index in [1.165, 1.54) is 0 Å². The molecule has 0 bridgehead atoms. The maximum Gasteiger partial charge on any atom is 0.316 e. The highest BCUT2D eigenvalue weighted by molar-refractivity contribution is 9.09. The number of alkyl halides is 1. The third-order valence-electron chi connectivity index (χ3n) is 0.463. The lowest BCUT2D eigenvalue weighted by atomic mass is 10.8. The average molecular weight is 199 g/mol. The van der Waals surface area contributed by atoms with E-state index in [1.807, 2.05) is 0 Å². The van der Waals surface area contributed by atoms with E-state index in [9.17, 15) is 4.79 Å². The van der Waals surface area contributed by atoms with Gasteiger partial charge in [0.2, 0.25) is 0 Å². The number of hydrogen-bond donors (Lipinski definition) is 1. The van der Waals surface area contributed by atoms with Gasteiger partial charge in [-0.3, -0.25) is 4.79 Å². The molecule has 0 aliphatic heterocycles. The molecule has 4 heteroatoms. The summed E-state index contributed by atoms with van der Waals surface area (Å²) in [6.07, 6.45) is 0. The predicted molar refractivity (Wildman–Crippen MR) is 38.6 cm³/mol. The van der Waals surface area contributed by atoms with Crippen molar-refractivity contribution in [2.24, 2.45) is 0 Å². The molecule has 0 aliphatic rings. The molecule has 0 unspecified atom stereocenters. The summed E-state index contributed by atoms with van der Waals surface area (Å²) in [4.78, 5) is 10.3. The molecule has 8 heavy (non-hydrogen) atoms. The van der Waals surface area contributed by atoms with Gasteiger partial charge in [0.1, 0.15) is 11.9 Å². The number of carbonyl (C=O) groups excluding carboxylic acids is 1. The first-order valence-corrected chi connectivity index (χ1v) is 3.89. The smallest absolute Gasteiger partial charge is 0.316 e. The summed E-state index contributed by atoms with van der Waals surface area (Å²) in [6, 6.07) is 0. The predicted octanol–water partition coefficient (Wildman–Crippen LogP) is 0.854. The van der Waals surface area contributed by atoms with Gasteiger partial charge in [-0.25, -0.2) is 0 Å². The van der Waals surface area contributed by atoms with Crippen molar-refractivity contribution in [2.45, 2.75) is 0 Å². The summed E-state index contributed by atoms with van der Waals surface area (Å²) in [6.45, 7) is 0.396. The molecule has 0 amide bonds. The van der Waals surface area contributed by atoms with Gasteiger partial charge in [-0.05, 0) is 0 Å². The minimum Gasteiger partial charge on any atom is -0.464 e. The molecule has 2 nitrogen and oxygen atoms in total. The van der Waals surface area contributed by atoms with Gasteiger partial charge >= 0.3 is 5.97 Å². The van der Waals surface area contributed by atoms with E-state index in [0.29, 0.717) is 12.4 Å². The van der Waals surface area contributed by atoms with Crippen LogP contribution in [0.4, 0.5) is 0 Å². The SMILES string of the molecule is O=C(CBr)OCCS. The Morgan fingerprint density at radius 3 is 2.75 bits per heavy atom. The standard InChI is InChI=1S/C4H7BrO2S/c5-3-4(6)7-1-2-8/h8H,1-3H2. The van der Waals surface area contributed by atoms with Crippen LogP contribution in [0.3, 0.4) is 0 Å². The summed E-state index contributed by atoms with van der Waals surface area (Å²) in [5, 5.41) is 0.265. The molecular weight excluding hydrogens is 192 g/mol. The number of hydrogen-bond acceptors (Lipinski definition) is 3. The molecule has 0 saturated heterocycles. The van der Waals surface area contributed by atoms with E-state index in [1.54, 1.807) is 0 Å². The molecule has 0 saturated carbocycles. The van der Waals surface area contributed by atoms with Crippen LogP contribution in [0.5, 0.6) is 0 Å². The molecule has 0 fully saturated rings. The van der Waals surface area contributed by atoms with Gasteiger partial charge in [-0.1, -0.05) is 15.9 Å². The van der Waals surface area contributed by atoms with Gasteiger partial charge in [-0.15, -0.1) is 0 Å². The van der Waals surface area contributed by atoms with E-state index in [-0.39, 0.29) is 11.3 Å². The maximum absolute atomic E-state index is 10.3. The van der Waals surface area contributed by atoms with Crippen LogP contribution in [0.2, 0.25) is 0 Å². The molecule has 0 aromatic carbocycles. The monoisotopic (exact) mass is 198 g/mol. The van der Waals surface area contributed by atoms with Crippen LogP contribution in [0.1, 0.15) is 0 Å². The Morgan fingerprint density at radius 1 is 1.75 bits per heavy atom. The van der Waals surface area contributed by atoms with Gasteiger partial charge in [0.15, 0.2) is 0 Å².